The summed E-state index contributed by atoms with van der Waals surface area (Å²) in [4.78, 5) is 12.0. The quantitative estimate of drug-likeness (QED) is 0.789. The van der Waals surface area contributed by atoms with E-state index in [1.54, 1.807) is 6.07 Å². The molecule has 1 amide bonds. The number of anilines is 1. The molecule has 18 heavy (non-hydrogen) atoms. The van der Waals surface area contributed by atoms with Gasteiger partial charge in [-0.1, -0.05) is 6.07 Å². The van der Waals surface area contributed by atoms with E-state index < -0.39 is 0 Å². The van der Waals surface area contributed by atoms with Crippen molar-refractivity contribution in [3.05, 3.63) is 23.8 Å². The Kier molecular flexibility index (Phi) is 4.02. The fourth-order valence-corrected chi connectivity index (χ4v) is 1.81. The van der Waals surface area contributed by atoms with Crippen molar-refractivity contribution >= 4 is 11.6 Å². The zero-order chi connectivity index (χ0) is 12.8. The molecule has 0 spiro atoms. The number of nitriles is 1. The number of fused-ring (bicyclic) bond motifs is 1. The van der Waals surface area contributed by atoms with E-state index in [-0.39, 0.29) is 5.91 Å². The standard InChI is InChI=1S/C13H15N3O2/c14-6-1-2-7-16-13(17)10-4-3-5-11-12(10)18-9-8-15-11/h3-5,15H,1-2,7-9H2,(H,16,17). The molecule has 0 aliphatic carbocycles. The van der Waals surface area contributed by atoms with Crippen molar-refractivity contribution in [3.8, 4) is 11.8 Å². The van der Waals surface area contributed by atoms with Crippen LogP contribution in [0.4, 0.5) is 5.69 Å². The maximum Gasteiger partial charge on any atom is 0.255 e. The van der Waals surface area contributed by atoms with Crippen LogP contribution in [0.25, 0.3) is 0 Å². The molecule has 1 aliphatic rings. The summed E-state index contributed by atoms with van der Waals surface area (Å²) in [5, 5.41) is 14.4. The summed E-state index contributed by atoms with van der Waals surface area (Å²) in [6, 6.07) is 7.50. The highest BCUT2D eigenvalue weighted by Gasteiger charge is 2.18. The van der Waals surface area contributed by atoms with Gasteiger partial charge in [-0.3, -0.25) is 4.79 Å². The summed E-state index contributed by atoms with van der Waals surface area (Å²) in [6.45, 7) is 1.81. The second kappa shape index (κ2) is 5.92. The molecule has 5 nitrogen and oxygen atoms in total. The molecule has 2 rings (SSSR count). The number of benzene rings is 1. The van der Waals surface area contributed by atoms with Crippen LogP contribution < -0.4 is 15.4 Å². The van der Waals surface area contributed by atoms with E-state index in [1.165, 1.54) is 0 Å². The summed E-state index contributed by atoms with van der Waals surface area (Å²) in [6.07, 6.45) is 1.11. The molecule has 0 unspecified atom stereocenters. The van der Waals surface area contributed by atoms with Crippen LogP contribution in [0.2, 0.25) is 0 Å². The lowest BCUT2D eigenvalue weighted by atomic mass is 10.1. The first kappa shape index (κ1) is 12.2. The first-order valence-corrected chi connectivity index (χ1v) is 5.98. The van der Waals surface area contributed by atoms with Crippen molar-refractivity contribution in [2.45, 2.75) is 12.8 Å². The Labute approximate surface area is 106 Å². The van der Waals surface area contributed by atoms with Crippen LogP contribution in [-0.2, 0) is 0 Å². The Morgan fingerprint density at radius 1 is 1.56 bits per heavy atom. The van der Waals surface area contributed by atoms with E-state index in [0.29, 0.717) is 37.3 Å². The molecule has 5 heteroatoms. The molecule has 1 aliphatic heterocycles. The van der Waals surface area contributed by atoms with Gasteiger partial charge in [0.05, 0.1) is 17.3 Å². The third-order valence-corrected chi connectivity index (χ3v) is 2.67. The van der Waals surface area contributed by atoms with Gasteiger partial charge in [0.1, 0.15) is 6.61 Å². The van der Waals surface area contributed by atoms with E-state index in [0.717, 1.165) is 12.2 Å². The van der Waals surface area contributed by atoms with Crippen molar-refractivity contribution in [3.63, 3.8) is 0 Å². The van der Waals surface area contributed by atoms with E-state index in [9.17, 15) is 4.79 Å². The first-order chi connectivity index (χ1) is 8.83. The maximum absolute atomic E-state index is 12.0. The van der Waals surface area contributed by atoms with Crippen LogP contribution in [0.1, 0.15) is 23.2 Å². The molecule has 0 atom stereocenters. The molecule has 94 valence electrons. The lowest BCUT2D eigenvalue weighted by Gasteiger charge is -2.21. The van der Waals surface area contributed by atoms with Crippen molar-refractivity contribution in [1.29, 1.82) is 5.26 Å². The number of nitrogens with one attached hydrogen (secondary N) is 2. The third kappa shape index (κ3) is 2.72. The van der Waals surface area contributed by atoms with Crippen LogP contribution in [0.15, 0.2) is 18.2 Å². The van der Waals surface area contributed by atoms with Crippen molar-refractivity contribution < 1.29 is 9.53 Å². The monoisotopic (exact) mass is 245 g/mol. The summed E-state index contributed by atoms with van der Waals surface area (Å²) in [5.41, 5.74) is 1.39. The molecule has 0 radical (unpaired) electrons. The summed E-state index contributed by atoms with van der Waals surface area (Å²) in [5.74, 6) is 0.454. The predicted octanol–water partition coefficient (Wildman–Crippen LogP) is 1.52. The van der Waals surface area contributed by atoms with Gasteiger partial charge in [-0.15, -0.1) is 0 Å². The number of ether oxygens (including phenoxy) is 1. The van der Waals surface area contributed by atoms with Crippen molar-refractivity contribution in [2.24, 2.45) is 0 Å². The zero-order valence-electron chi connectivity index (χ0n) is 10.0. The molecule has 2 N–H and O–H groups in total. The van der Waals surface area contributed by atoms with Gasteiger partial charge in [0.25, 0.3) is 5.91 Å². The second-order valence-corrected chi connectivity index (χ2v) is 3.98. The highest BCUT2D eigenvalue weighted by Crippen LogP contribution is 2.30. The fourth-order valence-electron chi connectivity index (χ4n) is 1.81. The Bertz CT molecular complexity index is 480. The highest BCUT2D eigenvalue weighted by atomic mass is 16.5. The SMILES string of the molecule is N#CCCCNC(=O)c1cccc2c1OCCN2. The van der Waals surface area contributed by atoms with Gasteiger partial charge in [-0.25, -0.2) is 0 Å². The number of para-hydroxylation sites is 1. The number of hydrogen-bond donors (Lipinski definition) is 2. The summed E-state index contributed by atoms with van der Waals surface area (Å²) < 4.78 is 5.53. The lowest BCUT2D eigenvalue weighted by molar-refractivity contribution is 0.0949. The topological polar surface area (TPSA) is 74.2 Å². The number of nitrogens with zero attached hydrogens (tertiary/aromatic N) is 1. The minimum absolute atomic E-state index is 0.159. The Balaban J connectivity index is 2.04. The van der Waals surface area contributed by atoms with Gasteiger partial charge >= 0.3 is 0 Å². The molecule has 0 saturated heterocycles. The van der Waals surface area contributed by atoms with E-state index in [1.807, 2.05) is 18.2 Å². The zero-order valence-corrected chi connectivity index (χ0v) is 10.0. The van der Waals surface area contributed by atoms with Crippen molar-refractivity contribution in [2.75, 3.05) is 25.0 Å². The van der Waals surface area contributed by atoms with Crippen LogP contribution >= 0.6 is 0 Å². The molecule has 1 aromatic rings. The number of carbonyl (C=O) groups is 1. The van der Waals surface area contributed by atoms with Crippen LogP contribution in [0.3, 0.4) is 0 Å². The third-order valence-electron chi connectivity index (χ3n) is 2.67. The molecule has 0 bridgehead atoms. The molecule has 1 aromatic carbocycles. The summed E-state index contributed by atoms with van der Waals surface area (Å²) in [7, 11) is 0. The van der Waals surface area contributed by atoms with E-state index in [4.69, 9.17) is 10.00 Å². The minimum atomic E-state index is -0.159. The first-order valence-electron chi connectivity index (χ1n) is 5.98. The van der Waals surface area contributed by atoms with E-state index >= 15 is 0 Å². The highest BCUT2D eigenvalue weighted by molar-refractivity contribution is 5.98. The molecular weight excluding hydrogens is 230 g/mol. The van der Waals surface area contributed by atoms with Crippen LogP contribution in [0, 0.1) is 11.3 Å². The van der Waals surface area contributed by atoms with Crippen LogP contribution in [0.5, 0.6) is 5.75 Å². The molecule has 1 heterocycles. The average molecular weight is 245 g/mol. The van der Waals surface area contributed by atoms with Gasteiger partial charge in [0.15, 0.2) is 5.75 Å². The lowest BCUT2D eigenvalue weighted by Crippen LogP contribution is -2.27. The predicted molar refractivity (Wildman–Crippen MR) is 67.6 cm³/mol. The Morgan fingerprint density at radius 2 is 2.44 bits per heavy atom. The number of rotatable bonds is 4. The molecule has 0 saturated carbocycles. The molecule has 0 aromatic heterocycles. The fraction of sp³-hybridized carbons (Fsp3) is 0.385. The number of unbranched alkanes of at least 4 members (excludes halogenated alkanes) is 1. The van der Waals surface area contributed by atoms with E-state index in [2.05, 4.69) is 10.6 Å². The Morgan fingerprint density at radius 3 is 3.28 bits per heavy atom. The van der Waals surface area contributed by atoms with Gasteiger partial charge in [0.2, 0.25) is 0 Å². The van der Waals surface area contributed by atoms with Gasteiger partial charge in [-0.05, 0) is 18.6 Å². The largest absolute Gasteiger partial charge is 0.489 e. The number of hydrogen-bond acceptors (Lipinski definition) is 4. The van der Waals surface area contributed by atoms with Gasteiger partial charge in [-0.2, -0.15) is 5.26 Å². The van der Waals surface area contributed by atoms with Gasteiger partial charge < -0.3 is 15.4 Å². The van der Waals surface area contributed by atoms with Gasteiger partial charge in [0, 0.05) is 19.5 Å². The number of amides is 1. The van der Waals surface area contributed by atoms with Crippen molar-refractivity contribution in [1.82, 2.24) is 5.32 Å². The number of carbonyl (C=O) groups excluding carboxylic acids is 1. The van der Waals surface area contributed by atoms with Crippen LogP contribution in [-0.4, -0.2) is 25.6 Å². The molecule has 0 fully saturated rings. The Hall–Kier alpha value is -2.22. The normalized spacial score (nSPS) is 12.6. The molecular formula is C13H15N3O2. The minimum Gasteiger partial charge on any atom is -0.489 e. The smallest absolute Gasteiger partial charge is 0.255 e. The second-order valence-electron chi connectivity index (χ2n) is 3.98. The average Bonchev–Trinajstić information content (AvgIpc) is 2.43. The maximum atomic E-state index is 12.0. The summed E-state index contributed by atoms with van der Waals surface area (Å²) >= 11 is 0.